The lowest BCUT2D eigenvalue weighted by Gasteiger charge is -2.21. The first-order valence-corrected chi connectivity index (χ1v) is 7.09. The van der Waals surface area contributed by atoms with Crippen LogP contribution >= 0.6 is 0 Å². The second-order valence-corrected chi connectivity index (χ2v) is 6.56. The van der Waals surface area contributed by atoms with Crippen LogP contribution in [0.5, 0.6) is 0 Å². The molecule has 0 aliphatic carbocycles. The van der Waals surface area contributed by atoms with E-state index >= 15 is 0 Å². The Balaban J connectivity index is 2.02. The maximum Gasteiger partial charge on any atom is 0.0110 e. The van der Waals surface area contributed by atoms with Crippen LogP contribution in [0.4, 0.5) is 0 Å². The van der Waals surface area contributed by atoms with E-state index in [0.29, 0.717) is 5.41 Å². The standard InChI is InChI=1S/C14H31N3/c1-14(2,3)6-7-15-8-11-17-10-5-9-16(4)12-13-17/h15H,5-13H2,1-4H3. The van der Waals surface area contributed by atoms with Gasteiger partial charge in [-0.1, -0.05) is 20.8 Å². The van der Waals surface area contributed by atoms with Gasteiger partial charge in [0.25, 0.3) is 0 Å². The Morgan fingerprint density at radius 2 is 1.76 bits per heavy atom. The molecule has 1 N–H and O–H groups in total. The molecule has 0 unspecified atom stereocenters. The van der Waals surface area contributed by atoms with Gasteiger partial charge in [-0.3, -0.25) is 0 Å². The van der Waals surface area contributed by atoms with Crippen molar-refractivity contribution in [3.05, 3.63) is 0 Å². The molecular formula is C14H31N3. The van der Waals surface area contributed by atoms with Crippen molar-refractivity contribution < 1.29 is 0 Å². The third kappa shape index (κ3) is 7.74. The molecule has 1 heterocycles. The van der Waals surface area contributed by atoms with Crippen molar-refractivity contribution in [2.24, 2.45) is 5.41 Å². The van der Waals surface area contributed by atoms with E-state index in [4.69, 9.17) is 0 Å². The van der Waals surface area contributed by atoms with Gasteiger partial charge in [0.1, 0.15) is 0 Å². The molecule has 102 valence electrons. The summed E-state index contributed by atoms with van der Waals surface area (Å²) in [5, 5.41) is 3.57. The molecule has 3 heteroatoms. The fraction of sp³-hybridized carbons (Fsp3) is 1.00. The molecule has 17 heavy (non-hydrogen) atoms. The van der Waals surface area contributed by atoms with Crippen LogP contribution in [0.15, 0.2) is 0 Å². The van der Waals surface area contributed by atoms with Gasteiger partial charge in [0.05, 0.1) is 0 Å². The van der Waals surface area contributed by atoms with Crippen LogP contribution in [0.3, 0.4) is 0 Å². The Morgan fingerprint density at radius 1 is 1.00 bits per heavy atom. The van der Waals surface area contributed by atoms with Crippen LogP contribution in [-0.2, 0) is 0 Å². The SMILES string of the molecule is CN1CCCN(CCNCCC(C)(C)C)CC1. The van der Waals surface area contributed by atoms with Crippen molar-refractivity contribution in [2.45, 2.75) is 33.6 Å². The molecule has 1 aliphatic rings. The maximum absolute atomic E-state index is 3.57. The van der Waals surface area contributed by atoms with E-state index in [1.165, 1.54) is 45.6 Å². The van der Waals surface area contributed by atoms with Crippen molar-refractivity contribution >= 4 is 0 Å². The molecule has 0 amide bonds. The quantitative estimate of drug-likeness (QED) is 0.738. The molecule has 1 rings (SSSR count). The highest BCUT2D eigenvalue weighted by molar-refractivity contribution is 4.69. The van der Waals surface area contributed by atoms with E-state index in [0.717, 1.165) is 13.1 Å². The topological polar surface area (TPSA) is 18.5 Å². The van der Waals surface area contributed by atoms with E-state index < -0.39 is 0 Å². The van der Waals surface area contributed by atoms with Gasteiger partial charge in [-0.05, 0) is 44.9 Å². The summed E-state index contributed by atoms with van der Waals surface area (Å²) in [5.41, 5.74) is 0.457. The molecule has 3 nitrogen and oxygen atoms in total. The lowest BCUT2D eigenvalue weighted by atomic mass is 9.92. The van der Waals surface area contributed by atoms with Crippen molar-refractivity contribution in [1.82, 2.24) is 15.1 Å². The van der Waals surface area contributed by atoms with Gasteiger partial charge in [-0.2, -0.15) is 0 Å². The number of hydrogen-bond acceptors (Lipinski definition) is 3. The van der Waals surface area contributed by atoms with Gasteiger partial charge in [0.2, 0.25) is 0 Å². The van der Waals surface area contributed by atoms with Crippen LogP contribution in [-0.4, -0.2) is 62.7 Å². The predicted molar refractivity (Wildman–Crippen MR) is 75.5 cm³/mol. The summed E-state index contributed by atoms with van der Waals surface area (Å²) in [6.45, 7) is 15.4. The molecule has 0 aromatic carbocycles. The molecule has 1 aliphatic heterocycles. The van der Waals surface area contributed by atoms with Crippen molar-refractivity contribution in [3.8, 4) is 0 Å². The summed E-state index contributed by atoms with van der Waals surface area (Å²) in [6.07, 6.45) is 2.58. The molecule has 0 radical (unpaired) electrons. The minimum absolute atomic E-state index is 0.457. The molecule has 1 fully saturated rings. The van der Waals surface area contributed by atoms with Crippen LogP contribution in [0.25, 0.3) is 0 Å². The first kappa shape index (κ1) is 14.9. The monoisotopic (exact) mass is 241 g/mol. The highest BCUT2D eigenvalue weighted by Crippen LogP contribution is 2.16. The fourth-order valence-corrected chi connectivity index (χ4v) is 2.15. The van der Waals surface area contributed by atoms with E-state index in [1.54, 1.807) is 0 Å². The smallest absolute Gasteiger partial charge is 0.0110 e. The fourth-order valence-electron chi connectivity index (χ4n) is 2.15. The van der Waals surface area contributed by atoms with Crippen LogP contribution in [0.1, 0.15) is 33.6 Å². The van der Waals surface area contributed by atoms with Gasteiger partial charge in [-0.15, -0.1) is 0 Å². The molecule has 0 bridgehead atoms. The van der Waals surface area contributed by atoms with Gasteiger partial charge >= 0.3 is 0 Å². The average Bonchev–Trinajstić information content (AvgIpc) is 2.41. The summed E-state index contributed by atoms with van der Waals surface area (Å²) < 4.78 is 0. The lowest BCUT2D eigenvalue weighted by molar-refractivity contribution is 0.272. The summed E-state index contributed by atoms with van der Waals surface area (Å²) in [7, 11) is 2.23. The Kier molecular flexibility index (Phi) is 6.45. The second-order valence-electron chi connectivity index (χ2n) is 6.56. The van der Waals surface area contributed by atoms with Crippen LogP contribution in [0, 0.1) is 5.41 Å². The summed E-state index contributed by atoms with van der Waals surface area (Å²) >= 11 is 0. The number of rotatable bonds is 5. The Labute approximate surface area is 108 Å². The van der Waals surface area contributed by atoms with E-state index in [2.05, 4.69) is 42.9 Å². The zero-order chi connectivity index (χ0) is 12.7. The molecule has 0 aromatic rings. The minimum Gasteiger partial charge on any atom is -0.315 e. The Bertz CT molecular complexity index is 198. The summed E-state index contributed by atoms with van der Waals surface area (Å²) in [5.74, 6) is 0. The Morgan fingerprint density at radius 3 is 2.47 bits per heavy atom. The number of likely N-dealkylation sites (N-methyl/N-ethyl adjacent to an activating group) is 1. The third-order valence-electron chi connectivity index (χ3n) is 3.47. The van der Waals surface area contributed by atoms with E-state index in [9.17, 15) is 0 Å². The Hall–Kier alpha value is -0.120. The van der Waals surface area contributed by atoms with Gasteiger partial charge in [-0.25, -0.2) is 0 Å². The van der Waals surface area contributed by atoms with Crippen molar-refractivity contribution in [1.29, 1.82) is 0 Å². The van der Waals surface area contributed by atoms with Crippen molar-refractivity contribution in [2.75, 3.05) is 52.9 Å². The zero-order valence-electron chi connectivity index (χ0n) is 12.3. The van der Waals surface area contributed by atoms with E-state index in [-0.39, 0.29) is 0 Å². The first-order chi connectivity index (χ1) is 7.97. The highest BCUT2D eigenvalue weighted by Gasteiger charge is 2.12. The second kappa shape index (κ2) is 7.34. The first-order valence-electron chi connectivity index (χ1n) is 7.09. The molecular weight excluding hydrogens is 210 g/mol. The average molecular weight is 241 g/mol. The molecule has 0 atom stereocenters. The van der Waals surface area contributed by atoms with Crippen molar-refractivity contribution in [3.63, 3.8) is 0 Å². The van der Waals surface area contributed by atoms with Crippen LogP contribution < -0.4 is 5.32 Å². The normalized spacial score (nSPS) is 20.5. The van der Waals surface area contributed by atoms with E-state index in [1.807, 2.05) is 0 Å². The minimum atomic E-state index is 0.457. The number of nitrogens with one attached hydrogen (secondary N) is 1. The van der Waals surface area contributed by atoms with Gasteiger partial charge < -0.3 is 15.1 Å². The lowest BCUT2D eigenvalue weighted by Crippen LogP contribution is -2.35. The molecule has 1 saturated heterocycles. The molecule has 0 spiro atoms. The summed E-state index contributed by atoms with van der Waals surface area (Å²) in [4.78, 5) is 5.03. The molecule has 0 saturated carbocycles. The van der Waals surface area contributed by atoms with Crippen LogP contribution in [0.2, 0.25) is 0 Å². The zero-order valence-corrected chi connectivity index (χ0v) is 12.3. The van der Waals surface area contributed by atoms with Gasteiger partial charge in [0.15, 0.2) is 0 Å². The van der Waals surface area contributed by atoms with Gasteiger partial charge in [0, 0.05) is 26.2 Å². The summed E-state index contributed by atoms with van der Waals surface area (Å²) in [6, 6.07) is 0. The largest absolute Gasteiger partial charge is 0.315 e. The third-order valence-corrected chi connectivity index (χ3v) is 3.47. The molecule has 0 aromatic heterocycles. The number of hydrogen-bond donors (Lipinski definition) is 1. The number of nitrogens with zero attached hydrogens (tertiary/aromatic N) is 2. The maximum atomic E-state index is 3.57. The highest BCUT2D eigenvalue weighted by atomic mass is 15.2. The predicted octanol–water partition coefficient (Wildman–Crippen LogP) is 1.65.